The Hall–Kier alpha value is -2.16. The fourth-order valence-electron chi connectivity index (χ4n) is 6.09. The van der Waals surface area contributed by atoms with Gasteiger partial charge in [-0.2, -0.15) is 0 Å². The van der Waals surface area contributed by atoms with Crippen molar-refractivity contribution in [3.05, 3.63) is 106 Å². The zero-order chi connectivity index (χ0) is 23.8. The monoisotopic (exact) mass is 570 g/mol. The number of benzene rings is 4. The van der Waals surface area contributed by atoms with E-state index in [2.05, 4.69) is 132 Å². The van der Waals surface area contributed by atoms with E-state index in [1.54, 1.807) is 0 Å². The van der Waals surface area contributed by atoms with E-state index in [4.69, 9.17) is 0 Å². The molecule has 0 amide bonds. The van der Waals surface area contributed by atoms with Gasteiger partial charge in [-0.25, -0.2) is 0 Å². The second-order valence-electron chi connectivity index (χ2n) is 10.8. The molecule has 0 atom stereocenters. The van der Waals surface area contributed by atoms with Crippen molar-refractivity contribution in [3.63, 3.8) is 0 Å². The summed E-state index contributed by atoms with van der Waals surface area (Å²) in [7, 11) is 0. The summed E-state index contributed by atoms with van der Waals surface area (Å²) in [6.07, 6.45) is 0. The fourth-order valence-corrected chi connectivity index (χ4v) is 6.79. The van der Waals surface area contributed by atoms with Crippen LogP contribution in [0.25, 0.3) is 33.4 Å². The first-order valence-electron chi connectivity index (χ1n) is 11.9. The molecule has 0 aromatic heterocycles. The lowest BCUT2D eigenvalue weighted by atomic mass is 9.80. The minimum atomic E-state index is -0.00281. The Kier molecular flexibility index (Phi) is 5.03. The minimum absolute atomic E-state index is 0.00281. The topological polar surface area (TPSA) is 0 Å². The van der Waals surface area contributed by atoms with Crippen LogP contribution >= 0.6 is 31.9 Å². The van der Waals surface area contributed by atoms with Crippen LogP contribution in [0.2, 0.25) is 0 Å². The number of rotatable bonds is 3. The molecule has 0 bridgehead atoms. The van der Waals surface area contributed by atoms with Crippen molar-refractivity contribution in [1.82, 2.24) is 0 Å². The molecule has 6 rings (SSSR count). The second-order valence-corrected chi connectivity index (χ2v) is 11.9. The molecule has 4 aromatic rings. The van der Waals surface area contributed by atoms with E-state index in [0.717, 1.165) is 10.7 Å². The molecular formula is C32H28Br2. The minimum Gasteiger partial charge on any atom is -0.0876 e. The summed E-state index contributed by atoms with van der Waals surface area (Å²) in [6.45, 7) is 9.46. The highest BCUT2D eigenvalue weighted by atomic mass is 79.9. The van der Waals surface area contributed by atoms with Crippen molar-refractivity contribution < 1.29 is 0 Å². The van der Waals surface area contributed by atoms with Gasteiger partial charge in [0.2, 0.25) is 0 Å². The molecule has 0 aliphatic heterocycles. The Morgan fingerprint density at radius 1 is 0.471 bits per heavy atom. The van der Waals surface area contributed by atoms with Gasteiger partial charge >= 0.3 is 0 Å². The Balaban J connectivity index is 1.46. The van der Waals surface area contributed by atoms with Gasteiger partial charge in [-0.3, -0.25) is 0 Å². The van der Waals surface area contributed by atoms with E-state index in [9.17, 15) is 0 Å². The number of hydrogen-bond acceptors (Lipinski definition) is 0. The van der Waals surface area contributed by atoms with Gasteiger partial charge in [0.25, 0.3) is 0 Å². The van der Waals surface area contributed by atoms with E-state index in [0.29, 0.717) is 0 Å². The molecular weight excluding hydrogens is 544 g/mol. The Morgan fingerprint density at radius 2 is 0.794 bits per heavy atom. The van der Waals surface area contributed by atoms with Crippen LogP contribution in [-0.4, -0.2) is 0 Å². The number of halogens is 2. The maximum absolute atomic E-state index is 3.63. The van der Waals surface area contributed by atoms with Crippen molar-refractivity contribution in [2.45, 2.75) is 49.2 Å². The summed E-state index contributed by atoms with van der Waals surface area (Å²) in [6, 6.07) is 28.0. The predicted octanol–water partition coefficient (Wildman–Crippen LogP) is 9.76. The lowest BCUT2D eigenvalue weighted by Gasteiger charge is -2.23. The fraction of sp³-hybridized carbons (Fsp3) is 0.250. The van der Waals surface area contributed by atoms with Crippen molar-refractivity contribution in [2.24, 2.45) is 0 Å². The Labute approximate surface area is 219 Å². The highest BCUT2D eigenvalue weighted by Gasteiger charge is 2.37. The molecule has 0 heterocycles. The van der Waals surface area contributed by atoms with Crippen molar-refractivity contribution in [2.75, 3.05) is 0 Å². The Bertz CT molecular complexity index is 1360. The maximum atomic E-state index is 3.63. The molecule has 0 saturated heterocycles. The van der Waals surface area contributed by atoms with E-state index >= 15 is 0 Å². The van der Waals surface area contributed by atoms with Gasteiger partial charge in [-0.15, -0.1) is 0 Å². The highest BCUT2D eigenvalue weighted by Crippen LogP contribution is 2.52. The van der Waals surface area contributed by atoms with E-state index in [-0.39, 0.29) is 10.8 Å². The molecule has 2 heteroatoms. The first kappa shape index (κ1) is 22.3. The average Bonchev–Trinajstić information content (AvgIpc) is 3.22. The lowest BCUT2D eigenvalue weighted by Crippen LogP contribution is -2.16. The standard InChI is InChI=1S/C32H28Br2/c1-31(2)27-13-19(17-33)5-9-23(27)25-11-7-21(15-29(25)31)22-8-12-26-24-10-6-20(18-34)14-28(24)32(3,4)30(26)16-22/h5-16H,17-18H2,1-4H3. The van der Waals surface area contributed by atoms with Gasteiger partial charge in [-0.1, -0.05) is 120 Å². The zero-order valence-corrected chi connectivity index (χ0v) is 23.3. The summed E-state index contributed by atoms with van der Waals surface area (Å²) in [5.41, 5.74) is 16.5. The smallest absolute Gasteiger partial charge is 0.0283 e. The van der Waals surface area contributed by atoms with Gasteiger partial charge in [0, 0.05) is 21.5 Å². The van der Waals surface area contributed by atoms with Crippen molar-refractivity contribution in [3.8, 4) is 33.4 Å². The highest BCUT2D eigenvalue weighted by molar-refractivity contribution is 9.08. The van der Waals surface area contributed by atoms with Crippen LogP contribution in [0.3, 0.4) is 0 Å². The summed E-state index contributed by atoms with van der Waals surface area (Å²) < 4.78 is 0. The molecule has 0 radical (unpaired) electrons. The third kappa shape index (κ3) is 3.08. The van der Waals surface area contributed by atoms with Crippen LogP contribution in [-0.2, 0) is 21.5 Å². The van der Waals surface area contributed by atoms with Crippen LogP contribution < -0.4 is 0 Å². The molecule has 170 valence electrons. The van der Waals surface area contributed by atoms with E-state index < -0.39 is 0 Å². The normalized spacial score (nSPS) is 16.1. The lowest BCUT2D eigenvalue weighted by molar-refractivity contribution is 0.659. The van der Waals surface area contributed by atoms with Gasteiger partial charge < -0.3 is 0 Å². The average molecular weight is 572 g/mol. The number of hydrogen-bond donors (Lipinski definition) is 0. The van der Waals surface area contributed by atoms with Gasteiger partial charge in [0.05, 0.1) is 0 Å². The first-order valence-corrected chi connectivity index (χ1v) is 14.2. The van der Waals surface area contributed by atoms with Gasteiger partial charge in [-0.05, 0) is 78.9 Å². The molecule has 0 saturated carbocycles. The molecule has 4 aromatic carbocycles. The predicted molar refractivity (Wildman–Crippen MR) is 152 cm³/mol. The third-order valence-electron chi connectivity index (χ3n) is 8.12. The summed E-state index contributed by atoms with van der Waals surface area (Å²) >= 11 is 7.26. The number of fused-ring (bicyclic) bond motifs is 6. The Morgan fingerprint density at radius 3 is 1.15 bits per heavy atom. The molecule has 0 spiro atoms. The largest absolute Gasteiger partial charge is 0.0876 e. The van der Waals surface area contributed by atoms with Crippen LogP contribution in [0, 0.1) is 0 Å². The molecule has 34 heavy (non-hydrogen) atoms. The van der Waals surface area contributed by atoms with Gasteiger partial charge in [0.1, 0.15) is 0 Å². The van der Waals surface area contributed by atoms with Crippen molar-refractivity contribution in [1.29, 1.82) is 0 Å². The van der Waals surface area contributed by atoms with Crippen LogP contribution in [0.1, 0.15) is 61.1 Å². The molecule has 2 aliphatic carbocycles. The van der Waals surface area contributed by atoms with Crippen molar-refractivity contribution >= 4 is 31.9 Å². The number of alkyl halides is 2. The van der Waals surface area contributed by atoms with Gasteiger partial charge in [0.15, 0.2) is 0 Å². The van der Waals surface area contributed by atoms with E-state index in [1.165, 1.54) is 66.8 Å². The summed E-state index contributed by atoms with van der Waals surface area (Å²) in [4.78, 5) is 0. The van der Waals surface area contributed by atoms with Crippen LogP contribution in [0.5, 0.6) is 0 Å². The molecule has 0 N–H and O–H groups in total. The quantitative estimate of drug-likeness (QED) is 0.215. The van der Waals surface area contributed by atoms with E-state index in [1.807, 2.05) is 0 Å². The first-order chi connectivity index (χ1) is 16.3. The second kappa shape index (κ2) is 7.67. The summed E-state index contributed by atoms with van der Waals surface area (Å²) in [5, 5.41) is 1.78. The third-order valence-corrected chi connectivity index (χ3v) is 9.42. The molecule has 2 aliphatic rings. The maximum Gasteiger partial charge on any atom is 0.0283 e. The zero-order valence-electron chi connectivity index (χ0n) is 20.1. The summed E-state index contributed by atoms with van der Waals surface area (Å²) in [5.74, 6) is 0. The molecule has 0 fully saturated rings. The van der Waals surface area contributed by atoms with Crippen LogP contribution in [0.15, 0.2) is 72.8 Å². The molecule has 0 nitrogen and oxygen atoms in total. The molecule has 0 unspecified atom stereocenters. The SMILES string of the molecule is CC1(C)c2cc(CBr)ccc2-c2ccc(-c3ccc4c(c3)C(C)(C)c3cc(CBr)ccc3-4)cc21. The van der Waals surface area contributed by atoms with Crippen LogP contribution in [0.4, 0.5) is 0 Å².